The molecule has 0 aliphatic rings. The summed E-state index contributed by atoms with van der Waals surface area (Å²) < 4.78 is 39.8. The Labute approximate surface area is 147 Å². The Balaban J connectivity index is 1.69. The number of aromatic nitrogens is 1. The maximum absolute atomic E-state index is 13.6. The summed E-state index contributed by atoms with van der Waals surface area (Å²) in [5, 5.41) is 5.45. The van der Waals surface area contributed by atoms with E-state index in [1.807, 2.05) is 0 Å². The molecule has 2 N–H and O–H groups in total. The third kappa shape index (κ3) is 4.18. The van der Waals surface area contributed by atoms with Crippen LogP contribution in [0, 0.1) is 17.5 Å². The zero-order valence-electron chi connectivity index (χ0n) is 13.5. The van der Waals surface area contributed by atoms with Crippen LogP contribution in [-0.4, -0.2) is 10.9 Å². The van der Waals surface area contributed by atoms with Crippen LogP contribution in [0.15, 0.2) is 60.8 Å². The molecule has 0 aliphatic heterocycles. The van der Waals surface area contributed by atoms with Crippen molar-refractivity contribution in [1.82, 2.24) is 4.98 Å². The van der Waals surface area contributed by atoms with E-state index in [1.54, 1.807) is 24.3 Å². The van der Waals surface area contributed by atoms with Gasteiger partial charge in [-0.3, -0.25) is 9.78 Å². The first-order chi connectivity index (χ1) is 12.5. The molecule has 0 saturated heterocycles. The van der Waals surface area contributed by atoms with Gasteiger partial charge in [0.05, 0.1) is 0 Å². The lowest BCUT2D eigenvalue weighted by Crippen LogP contribution is -2.14. The summed E-state index contributed by atoms with van der Waals surface area (Å²) in [7, 11) is 0. The molecule has 0 radical (unpaired) electrons. The normalized spacial score (nSPS) is 10.4. The van der Waals surface area contributed by atoms with Gasteiger partial charge in [0.2, 0.25) is 0 Å². The van der Waals surface area contributed by atoms with Crippen LogP contribution in [0.3, 0.4) is 0 Å². The molecule has 7 heteroatoms. The molecule has 0 atom stereocenters. The van der Waals surface area contributed by atoms with Gasteiger partial charge in [0.25, 0.3) is 5.91 Å². The van der Waals surface area contributed by atoms with Crippen molar-refractivity contribution in [3.63, 3.8) is 0 Å². The third-order valence-electron chi connectivity index (χ3n) is 3.61. The van der Waals surface area contributed by atoms with Gasteiger partial charge in [-0.25, -0.2) is 13.2 Å². The fraction of sp³-hybridized carbons (Fsp3) is 0.0526. The predicted molar refractivity (Wildman–Crippen MR) is 92.3 cm³/mol. The largest absolute Gasteiger partial charge is 0.381 e. The second kappa shape index (κ2) is 7.69. The summed E-state index contributed by atoms with van der Waals surface area (Å²) in [6.07, 6.45) is 1.42. The molecule has 1 heterocycles. The topological polar surface area (TPSA) is 54.0 Å². The Hall–Kier alpha value is -3.35. The van der Waals surface area contributed by atoms with E-state index in [0.717, 1.165) is 12.1 Å². The van der Waals surface area contributed by atoms with Crippen LogP contribution >= 0.6 is 0 Å². The number of carbonyl (C=O) groups excluding carboxylic acids is 1. The molecule has 4 nitrogen and oxygen atoms in total. The van der Waals surface area contributed by atoms with Crippen molar-refractivity contribution >= 4 is 17.3 Å². The van der Waals surface area contributed by atoms with Crippen molar-refractivity contribution in [3.8, 4) is 0 Å². The quantitative estimate of drug-likeness (QED) is 0.713. The Kier molecular flexibility index (Phi) is 5.17. The number of pyridine rings is 1. The van der Waals surface area contributed by atoms with Crippen molar-refractivity contribution in [3.05, 3.63) is 89.5 Å². The lowest BCUT2D eigenvalue weighted by Gasteiger charge is -2.09. The van der Waals surface area contributed by atoms with Gasteiger partial charge >= 0.3 is 0 Å². The number of nitrogens with zero attached hydrogens (tertiary/aromatic N) is 1. The average molecular weight is 357 g/mol. The minimum atomic E-state index is -1.06. The second-order valence-electron chi connectivity index (χ2n) is 5.46. The summed E-state index contributed by atoms with van der Waals surface area (Å²) in [4.78, 5) is 16.2. The third-order valence-corrected chi connectivity index (χ3v) is 3.61. The molecule has 0 fully saturated rings. The highest BCUT2D eigenvalue weighted by molar-refractivity contribution is 6.03. The van der Waals surface area contributed by atoms with Crippen LogP contribution in [-0.2, 0) is 6.54 Å². The molecule has 132 valence electrons. The molecule has 1 amide bonds. The summed E-state index contributed by atoms with van der Waals surface area (Å²) in [6.45, 7) is 0.237. The molecule has 1 aromatic heterocycles. The summed E-state index contributed by atoms with van der Waals surface area (Å²) in [5.41, 5.74) is 1.24. The first kappa shape index (κ1) is 17.5. The van der Waals surface area contributed by atoms with E-state index in [-0.39, 0.29) is 23.7 Å². The van der Waals surface area contributed by atoms with Gasteiger partial charge in [-0.2, -0.15) is 0 Å². The maximum Gasteiger partial charge on any atom is 0.274 e. The number of hydrogen-bond acceptors (Lipinski definition) is 3. The molecule has 3 rings (SSSR count). The highest BCUT2D eigenvalue weighted by atomic mass is 19.2. The van der Waals surface area contributed by atoms with Crippen LogP contribution in [0.4, 0.5) is 24.5 Å². The maximum atomic E-state index is 13.6. The fourth-order valence-corrected chi connectivity index (χ4v) is 2.27. The number of halogens is 3. The molecule has 0 spiro atoms. The van der Waals surface area contributed by atoms with Crippen molar-refractivity contribution in [1.29, 1.82) is 0 Å². The number of rotatable bonds is 5. The minimum absolute atomic E-state index is 0.0771. The molecule has 0 unspecified atom stereocenters. The predicted octanol–water partition coefficient (Wildman–Crippen LogP) is 4.36. The van der Waals surface area contributed by atoms with Crippen molar-refractivity contribution < 1.29 is 18.0 Å². The van der Waals surface area contributed by atoms with Gasteiger partial charge < -0.3 is 10.6 Å². The first-order valence-corrected chi connectivity index (χ1v) is 7.72. The van der Waals surface area contributed by atoms with Crippen LogP contribution in [0.2, 0.25) is 0 Å². The van der Waals surface area contributed by atoms with Crippen molar-refractivity contribution in [2.24, 2.45) is 0 Å². The molecule has 0 saturated carbocycles. The van der Waals surface area contributed by atoms with Crippen molar-refractivity contribution in [2.45, 2.75) is 6.54 Å². The summed E-state index contributed by atoms with van der Waals surface area (Å²) in [5.74, 6) is -2.97. The Morgan fingerprint density at radius 2 is 1.69 bits per heavy atom. The van der Waals surface area contributed by atoms with E-state index in [9.17, 15) is 18.0 Å². The van der Waals surface area contributed by atoms with Crippen LogP contribution in [0.5, 0.6) is 0 Å². The van der Waals surface area contributed by atoms with E-state index in [0.29, 0.717) is 11.3 Å². The van der Waals surface area contributed by atoms with E-state index >= 15 is 0 Å². The SMILES string of the molecule is O=C(Nc1ccc(F)c(F)c1)c1cc(NCc2ccccc2F)ccn1. The van der Waals surface area contributed by atoms with Crippen LogP contribution in [0.25, 0.3) is 0 Å². The van der Waals surface area contributed by atoms with E-state index in [4.69, 9.17) is 0 Å². The molecule has 0 aliphatic carbocycles. The average Bonchev–Trinajstić information content (AvgIpc) is 2.64. The number of hydrogen-bond donors (Lipinski definition) is 2. The molecule has 0 bridgehead atoms. The highest BCUT2D eigenvalue weighted by Gasteiger charge is 2.10. The first-order valence-electron chi connectivity index (χ1n) is 7.72. The molecular formula is C19H14F3N3O. The number of nitrogens with one attached hydrogen (secondary N) is 2. The van der Waals surface area contributed by atoms with Gasteiger partial charge in [0.15, 0.2) is 11.6 Å². The van der Waals surface area contributed by atoms with Gasteiger partial charge in [0.1, 0.15) is 11.5 Å². The van der Waals surface area contributed by atoms with Gasteiger partial charge in [0, 0.05) is 35.7 Å². The lowest BCUT2D eigenvalue weighted by atomic mass is 10.2. The summed E-state index contributed by atoms with van der Waals surface area (Å²) >= 11 is 0. The van der Waals surface area contributed by atoms with Crippen molar-refractivity contribution in [2.75, 3.05) is 10.6 Å². The molecule has 26 heavy (non-hydrogen) atoms. The fourth-order valence-electron chi connectivity index (χ4n) is 2.27. The Morgan fingerprint density at radius 1 is 0.885 bits per heavy atom. The Bertz CT molecular complexity index is 947. The monoisotopic (exact) mass is 357 g/mol. The number of carbonyl (C=O) groups is 1. The van der Waals surface area contributed by atoms with Gasteiger partial charge in [-0.15, -0.1) is 0 Å². The standard InChI is InChI=1S/C19H14F3N3O/c20-15-4-2-1-3-12(15)11-24-13-7-8-23-18(10-13)19(26)25-14-5-6-16(21)17(22)9-14/h1-10H,11H2,(H,23,24)(H,25,26). The second-order valence-corrected chi connectivity index (χ2v) is 5.46. The van der Waals surface area contributed by atoms with Crippen LogP contribution in [0.1, 0.15) is 16.1 Å². The summed E-state index contributed by atoms with van der Waals surface area (Å²) in [6, 6.07) is 12.5. The smallest absolute Gasteiger partial charge is 0.274 e. The lowest BCUT2D eigenvalue weighted by molar-refractivity contribution is 0.102. The molecule has 3 aromatic rings. The zero-order chi connectivity index (χ0) is 18.5. The van der Waals surface area contributed by atoms with Crippen LogP contribution < -0.4 is 10.6 Å². The number of anilines is 2. The van der Waals surface area contributed by atoms with Gasteiger partial charge in [-0.05, 0) is 30.3 Å². The molecular weight excluding hydrogens is 343 g/mol. The van der Waals surface area contributed by atoms with E-state index in [2.05, 4.69) is 15.6 Å². The zero-order valence-corrected chi connectivity index (χ0v) is 13.5. The van der Waals surface area contributed by atoms with Gasteiger partial charge in [-0.1, -0.05) is 18.2 Å². The van der Waals surface area contributed by atoms with E-state index < -0.39 is 17.5 Å². The van der Waals surface area contributed by atoms with E-state index in [1.165, 1.54) is 24.4 Å². The number of amides is 1. The Morgan fingerprint density at radius 3 is 2.46 bits per heavy atom. The highest BCUT2D eigenvalue weighted by Crippen LogP contribution is 2.16. The molecule has 2 aromatic carbocycles. The number of benzene rings is 2. The minimum Gasteiger partial charge on any atom is -0.381 e.